The first kappa shape index (κ1) is 16.5. The van der Waals surface area contributed by atoms with Crippen LogP contribution in [0.5, 0.6) is 0 Å². The van der Waals surface area contributed by atoms with Gasteiger partial charge in [-0.3, -0.25) is 9.59 Å². The molecule has 1 fully saturated rings. The second-order valence-corrected chi connectivity index (χ2v) is 5.28. The highest BCUT2D eigenvalue weighted by molar-refractivity contribution is 5.85. The van der Waals surface area contributed by atoms with Crippen LogP contribution in [0.15, 0.2) is 30.3 Å². The van der Waals surface area contributed by atoms with E-state index in [0.29, 0.717) is 32.7 Å². The highest BCUT2D eigenvalue weighted by Gasteiger charge is 2.41. The lowest BCUT2D eigenvalue weighted by Crippen LogP contribution is -2.52. The summed E-state index contributed by atoms with van der Waals surface area (Å²) in [4.78, 5) is 23.0. The fourth-order valence-electron chi connectivity index (χ4n) is 2.38. The second-order valence-electron chi connectivity index (χ2n) is 5.28. The maximum Gasteiger partial charge on any atom is 0.305 e. The normalized spacial score (nSPS) is 16.9. The summed E-state index contributed by atoms with van der Waals surface area (Å²) in [5, 5.41) is 11.3. The van der Waals surface area contributed by atoms with Crippen molar-refractivity contribution in [2.45, 2.75) is 31.5 Å². The summed E-state index contributed by atoms with van der Waals surface area (Å²) in [6.45, 7) is 1.36. The Morgan fingerprint density at radius 3 is 2.55 bits per heavy atom. The van der Waals surface area contributed by atoms with Crippen molar-refractivity contribution in [2.75, 3.05) is 19.8 Å². The third-order valence-corrected chi connectivity index (χ3v) is 3.70. The Bertz CT molecular complexity index is 497. The number of carbonyl (C=O) groups excluding carboxylic acids is 1. The monoisotopic (exact) mass is 307 g/mol. The number of rotatable bonds is 7. The lowest BCUT2D eigenvalue weighted by Gasteiger charge is -2.35. The molecule has 0 atom stereocenters. The van der Waals surface area contributed by atoms with Gasteiger partial charge in [0.2, 0.25) is 0 Å². The fourth-order valence-corrected chi connectivity index (χ4v) is 2.38. The number of carbonyl (C=O) groups is 2. The van der Waals surface area contributed by atoms with Crippen LogP contribution < -0.4 is 5.32 Å². The lowest BCUT2D eigenvalue weighted by atomic mass is 9.92. The number of ether oxygens (including phenoxy) is 2. The van der Waals surface area contributed by atoms with E-state index in [1.54, 1.807) is 0 Å². The van der Waals surface area contributed by atoms with Crippen LogP contribution >= 0.6 is 0 Å². The molecule has 6 heteroatoms. The van der Waals surface area contributed by atoms with Crippen molar-refractivity contribution >= 4 is 11.9 Å². The predicted octanol–water partition coefficient (Wildman–Crippen LogP) is 1.34. The largest absolute Gasteiger partial charge is 0.481 e. The summed E-state index contributed by atoms with van der Waals surface area (Å²) in [6.07, 6.45) is 0.842. The van der Waals surface area contributed by atoms with Gasteiger partial charge in [-0.15, -0.1) is 0 Å². The standard InChI is InChI=1S/C16H21NO5/c18-14(19)6-9-17-15(20)16(7-10-21-11-8-16)22-12-13-4-2-1-3-5-13/h1-5H,6-12H2,(H,17,20)(H,18,19). The van der Waals surface area contributed by atoms with Crippen molar-refractivity contribution in [2.24, 2.45) is 0 Å². The van der Waals surface area contributed by atoms with Gasteiger partial charge in [0.05, 0.1) is 13.0 Å². The van der Waals surface area contributed by atoms with Gasteiger partial charge in [-0.1, -0.05) is 30.3 Å². The van der Waals surface area contributed by atoms with E-state index in [-0.39, 0.29) is 18.9 Å². The Labute approximate surface area is 129 Å². The maximum atomic E-state index is 12.4. The summed E-state index contributed by atoms with van der Waals surface area (Å²) in [5.74, 6) is -1.19. The van der Waals surface area contributed by atoms with Crippen molar-refractivity contribution in [3.63, 3.8) is 0 Å². The zero-order valence-corrected chi connectivity index (χ0v) is 12.4. The van der Waals surface area contributed by atoms with Gasteiger partial charge < -0.3 is 19.9 Å². The van der Waals surface area contributed by atoms with Gasteiger partial charge in [-0.05, 0) is 5.56 Å². The van der Waals surface area contributed by atoms with Crippen LogP contribution in [-0.4, -0.2) is 42.3 Å². The molecule has 1 aliphatic rings. The van der Waals surface area contributed by atoms with Gasteiger partial charge >= 0.3 is 5.97 Å². The summed E-state index contributed by atoms with van der Waals surface area (Å²) in [7, 11) is 0. The van der Waals surface area contributed by atoms with Crippen molar-refractivity contribution in [1.29, 1.82) is 0 Å². The first-order valence-electron chi connectivity index (χ1n) is 7.38. The number of carboxylic acids is 1. The molecule has 22 heavy (non-hydrogen) atoms. The minimum atomic E-state index is -0.938. The maximum absolute atomic E-state index is 12.4. The summed E-state index contributed by atoms with van der Waals surface area (Å²) in [5.41, 5.74) is 0.0544. The van der Waals surface area contributed by atoms with Gasteiger partial charge in [-0.2, -0.15) is 0 Å². The first-order valence-corrected chi connectivity index (χ1v) is 7.38. The number of hydrogen-bond acceptors (Lipinski definition) is 4. The van der Waals surface area contributed by atoms with Gasteiger partial charge in [0.15, 0.2) is 5.60 Å². The molecule has 1 aromatic carbocycles. The molecular formula is C16H21NO5. The molecule has 2 rings (SSSR count). The number of nitrogens with one attached hydrogen (secondary N) is 1. The third-order valence-electron chi connectivity index (χ3n) is 3.70. The Kier molecular flexibility index (Phi) is 5.91. The molecule has 6 nitrogen and oxygen atoms in total. The minimum absolute atomic E-state index is 0.100. The number of aliphatic carboxylic acids is 1. The number of amides is 1. The second kappa shape index (κ2) is 7.91. The van der Waals surface area contributed by atoms with Gasteiger partial charge in [-0.25, -0.2) is 0 Å². The molecule has 0 spiro atoms. The predicted molar refractivity (Wildman–Crippen MR) is 79.3 cm³/mol. The molecule has 2 N–H and O–H groups in total. The summed E-state index contributed by atoms with van der Waals surface area (Å²) < 4.78 is 11.3. The topological polar surface area (TPSA) is 84.9 Å². The Morgan fingerprint density at radius 1 is 1.23 bits per heavy atom. The van der Waals surface area contributed by atoms with E-state index in [2.05, 4.69) is 5.32 Å². The van der Waals surface area contributed by atoms with Gasteiger partial charge in [0.25, 0.3) is 5.91 Å². The van der Waals surface area contributed by atoms with E-state index < -0.39 is 11.6 Å². The van der Waals surface area contributed by atoms with Crippen LogP contribution in [0, 0.1) is 0 Å². The van der Waals surface area contributed by atoms with Crippen molar-refractivity contribution in [3.8, 4) is 0 Å². The molecule has 0 saturated carbocycles. The van der Waals surface area contributed by atoms with E-state index in [1.807, 2.05) is 30.3 Å². The molecule has 1 saturated heterocycles. The summed E-state index contributed by atoms with van der Waals surface area (Å²) in [6, 6.07) is 9.64. The van der Waals surface area contributed by atoms with Crippen LogP contribution in [0.4, 0.5) is 0 Å². The number of benzene rings is 1. The first-order chi connectivity index (χ1) is 10.6. The average molecular weight is 307 g/mol. The molecule has 0 radical (unpaired) electrons. The molecule has 120 valence electrons. The smallest absolute Gasteiger partial charge is 0.305 e. The van der Waals surface area contributed by atoms with Crippen molar-refractivity contribution < 1.29 is 24.2 Å². The van der Waals surface area contributed by atoms with E-state index in [1.165, 1.54) is 0 Å². The van der Waals surface area contributed by atoms with Crippen LogP contribution in [0.2, 0.25) is 0 Å². The van der Waals surface area contributed by atoms with Gasteiger partial charge in [0, 0.05) is 32.6 Å². The van der Waals surface area contributed by atoms with Crippen molar-refractivity contribution in [1.82, 2.24) is 5.32 Å². The quantitative estimate of drug-likeness (QED) is 0.794. The van der Waals surface area contributed by atoms with E-state index >= 15 is 0 Å². The molecule has 1 amide bonds. The summed E-state index contributed by atoms with van der Waals surface area (Å²) >= 11 is 0. The average Bonchev–Trinajstić information content (AvgIpc) is 2.54. The van der Waals surface area contributed by atoms with Gasteiger partial charge in [0.1, 0.15) is 0 Å². The van der Waals surface area contributed by atoms with Crippen LogP contribution in [0.1, 0.15) is 24.8 Å². The van der Waals surface area contributed by atoms with Crippen molar-refractivity contribution in [3.05, 3.63) is 35.9 Å². The molecule has 1 heterocycles. The number of hydrogen-bond donors (Lipinski definition) is 2. The number of carboxylic acid groups (broad SMARTS) is 1. The lowest BCUT2D eigenvalue weighted by molar-refractivity contribution is -0.163. The van der Waals surface area contributed by atoms with Crippen LogP contribution in [0.3, 0.4) is 0 Å². The molecule has 0 unspecified atom stereocenters. The molecular weight excluding hydrogens is 286 g/mol. The fraction of sp³-hybridized carbons (Fsp3) is 0.500. The minimum Gasteiger partial charge on any atom is -0.481 e. The van der Waals surface area contributed by atoms with Crippen LogP contribution in [0.25, 0.3) is 0 Å². The van der Waals surface area contributed by atoms with E-state index in [0.717, 1.165) is 5.56 Å². The van der Waals surface area contributed by atoms with E-state index in [4.69, 9.17) is 14.6 Å². The highest BCUT2D eigenvalue weighted by Crippen LogP contribution is 2.27. The molecule has 1 aromatic rings. The zero-order valence-electron chi connectivity index (χ0n) is 12.4. The SMILES string of the molecule is O=C(O)CCNC(=O)C1(OCc2ccccc2)CCOCC1. The molecule has 0 aliphatic carbocycles. The Balaban J connectivity index is 1.97. The Morgan fingerprint density at radius 2 is 1.91 bits per heavy atom. The van der Waals surface area contributed by atoms with Crippen LogP contribution in [-0.2, 0) is 25.7 Å². The molecule has 0 bridgehead atoms. The third kappa shape index (κ3) is 4.54. The molecule has 1 aliphatic heterocycles. The van der Waals surface area contributed by atoms with E-state index in [9.17, 15) is 9.59 Å². The Hall–Kier alpha value is -1.92. The molecule has 0 aromatic heterocycles. The zero-order chi connectivity index (χ0) is 15.8. The highest BCUT2D eigenvalue weighted by atomic mass is 16.5.